The van der Waals surface area contributed by atoms with Crippen LogP contribution in [0.1, 0.15) is 12.5 Å². The van der Waals surface area contributed by atoms with E-state index in [0.29, 0.717) is 13.1 Å². The van der Waals surface area contributed by atoms with Crippen molar-refractivity contribution in [2.24, 2.45) is 0 Å². The lowest BCUT2D eigenvalue weighted by atomic mass is 10.4. The second-order valence-electron chi connectivity index (χ2n) is 2.32. The fraction of sp³-hybridized carbons (Fsp3) is 0.429. The Kier molecular flexibility index (Phi) is 3.13. The van der Waals surface area contributed by atoms with E-state index in [0.717, 1.165) is 5.56 Å². The summed E-state index contributed by atoms with van der Waals surface area (Å²) in [6, 6.07) is -0.154. The average molecular weight is 168 g/mol. The maximum absolute atomic E-state index is 10.9. The number of carbonyl (C=O) groups excluding carboxylic acids is 1. The first kappa shape index (κ1) is 8.58. The zero-order chi connectivity index (χ0) is 8.81. The lowest BCUT2D eigenvalue weighted by molar-refractivity contribution is 0.241. The Labute approximate surface area is 70.5 Å². The second-order valence-corrected chi connectivity index (χ2v) is 2.32. The van der Waals surface area contributed by atoms with Crippen molar-refractivity contribution in [1.29, 1.82) is 0 Å². The number of aromatic nitrogens is 2. The van der Waals surface area contributed by atoms with Gasteiger partial charge in [0.1, 0.15) is 0 Å². The van der Waals surface area contributed by atoms with Crippen LogP contribution >= 0.6 is 0 Å². The molecular weight excluding hydrogens is 156 g/mol. The summed E-state index contributed by atoms with van der Waals surface area (Å²) in [5, 5.41) is 11.7. The summed E-state index contributed by atoms with van der Waals surface area (Å²) in [5.74, 6) is 0. The van der Waals surface area contributed by atoms with Crippen molar-refractivity contribution in [3.8, 4) is 0 Å². The molecule has 0 atom stereocenters. The number of hydrogen-bond acceptors (Lipinski definition) is 2. The zero-order valence-electron chi connectivity index (χ0n) is 6.92. The maximum atomic E-state index is 10.9. The van der Waals surface area contributed by atoms with Gasteiger partial charge < -0.3 is 10.6 Å². The quantitative estimate of drug-likeness (QED) is 0.604. The molecular formula is C7H12N4O. The van der Waals surface area contributed by atoms with Crippen molar-refractivity contribution in [1.82, 2.24) is 20.8 Å². The van der Waals surface area contributed by atoms with Crippen LogP contribution in [0.25, 0.3) is 0 Å². The predicted molar refractivity (Wildman–Crippen MR) is 44.5 cm³/mol. The summed E-state index contributed by atoms with van der Waals surface area (Å²) in [4.78, 5) is 10.9. The average Bonchev–Trinajstić information content (AvgIpc) is 2.53. The Bertz CT molecular complexity index is 232. The van der Waals surface area contributed by atoms with E-state index >= 15 is 0 Å². The highest BCUT2D eigenvalue weighted by Crippen LogP contribution is 1.90. The number of rotatable bonds is 3. The molecule has 0 saturated carbocycles. The molecule has 66 valence electrons. The summed E-state index contributed by atoms with van der Waals surface area (Å²) >= 11 is 0. The standard InChI is InChI=1S/C7H12N4O/c1-2-8-7(12)9-3-6-4-10-11-5-6/h4-5H,2-3H2,1H3,(H,10,11)(H2,8,9,12). The lowest BCUT2D eigenvalue weighted by Gasteiger charge is -2.02. The largest absolute Gasteiger partial charge is 0.338 e. The summed E-state index contributed by atoms with van der Waals surface area (Å²) in [5.41, 5.74) is 0.959. The Morgan fingerprint density at radius 2 is 2.50 bits per heavy atom. The van der Waals surface area contributed by atoms with Crippen molar-refractivity contribution >= 4 is 6.03 Å². The van der Waals surface area contributed by atoms with Gasteiger partial charge in [0.05, 0.1) is 6.20 Å². The minimum atomic E-state index is -0.154. The van der Waals surface area contributed by atoms with E-state index in [-0.39, 0.29) is 6.03 Å². The molecule has 0 aliphatic carbocycles. The molecule has 5 nitrogen and oxygen atoms in total. The first-order valence-corrected chi connectivity index (χ1v) is 3.82. The summed E-state index contributed by atoms with van der Waals surface area (Å²) < 4.78 is 0. The first-order valence-electron chi connectivity index (χ1n) is 3.82. The molecule has 1 aromatic rings. The molecule has 1 aromatic heterocycles. The van der Waals surface area contributed by atoms with Gasteiger partial charge in [-0.05, 0) is 6.92 Å². The molecule has 5 heteroatoms. The summed E-state index contributed by atoms with van der Waals surface area (Å²) in [6.45, 7) is 3.01. The van der Waals surface area contributed by atoms with Crippen LogP contribution in [-0.4, -0.2) is 22.8 Å². The van der Waals surface area contributed by atoms with Crippen molar-refractivity contribution in [2.75, 3.05) is 6.54 Å². The number of H-pyrrole nitrogens is 1. The van der Waals surface area contributed by atoms with Crippen LogP contribution in [0.3, 0.4) is 0 Å². The third kappa shape index (κ3) is 2.61. The van der Waals surface area contributed by atoms with Crippen molar-refractivity contribution < 1.29 is 4.79 Å². The highest BCUT2D eigenvalue weighted by atomic mass is 16.2. The third-order valence-electron chi connectivity index (χ3n) is 1.35. The Balaban J connectivity index is 2.22. The van der Waals surface area contributed by atoms with E-state index in [1.165, 1.54) is 0 Å². The van der Waals surface area contributed by atoms with Gasteiger partial charge in [0.15, 0.2) is 0 Å². The van der Waals surface area contributed by atoms with E-state index in [4.69, 9.17) is 0 Å². The van der Waals surface area contributed by atoms with Crippen molar-refractivity contribution in [3.63, 3.8) is 0 Å². The molecule has 3 N–H and O–H groups in total. The van der Waals surface area contributed by atoms with Gasteiger partial charge in [-0.1, -0.05) is 0 Å². The first-order chi connectivity index (χ1) is 5.83. The van der Waals surface area contributed by atoms with Crippen molar-refractivity contribution in [2.45, 2.75) is 13.5 Å². The Morgan fingerprint density at radius 3 is 3.08 bits per heavy atom. The number of nitrogens with zero attached hydrogens (tertiary/aromatic N) is 1. The zero-order valence-corrected chi connectivity index (χ0v) is 6.92. The second kappa shape index (κ2) is 4.38. The minimum absolute atomic E-state index is 0.154. The van der Waals surface area contributed by atoms with E-state index in [2.05, 4.69) is 20.8 Å². The molecule has 0 radical (unpaired) electrons. The van der Waals surface area contributed by atoms with Crippen LogP contribution in [0.15, 0.2) is 12.4 Å². The molecule has 2 amide bonds. The predicted octanol–water partition coefficient (Wildman–Crippen LogP) is 0.229. The number of carbonyl (C=O) groups is 1. The number of amides is 2. The van der Waals surface area contributed by atoms with Crippen LogP contribution in [-0.2, 0) is 6.54 Å². The van der Waals surface area contributed by atoms with Crippen LogP contribution < -0.4 is 10.6 Å². The van der Waals surface area contributed by atoms with Gasteiger partial charge in [-0.25, -0.2) is 4.79 Å². The van der Waals surface area contributed by atoms with Gasteiger partial charge in [0, 0.05) is 24.8 Å². The van der Waals surface area contributed by atoms with Gasteiger partial charge in [0.25, 0.3) is 0 Å². The topological polar surface area (TPSA) is 69.8 Å². The lowest BCUT2D eigenvalue weighted by Crippen LogP contribution is -2.34. The summed E-state index contributed by atoms with van der Waals surface area (Å²) in [6.07, 6.45) is 3.42. The van der Waals surface area contributed by atoms with E-state index in [9.17, 15) is 4.79 Å². The number of urea groups is 1. The fourth-order valence-electron chi connectivity index (χ4n) is 0.780. The number of hydrogen-bond donors (Lipinski definition) is 3. The molecule has 0 saturated heterocycles. The monoisotopic (exact) mass is 168 g/mol. The molecule has 0 unspecified atom stereocenters. The summed E-state index contributed by atoms with van der Waals surface area (Å²) in [7, 11) is 0. The van der Waals surface area contributed by atoms with Crippen LogP contribution in [0.5, 0.6) is 0 Å². The molecule has 1 rings (SSSR count). The van der Waals surface area contributed by atoms with Crippen LogP contribution in [0.4, 0.5) is 4.79 Å². The van der Waals surface area contributed by atoms with Crippen LogP contribution in [0.2, 0.25) is 0 Å². The van der Waals surface area contributed by atoms with Crippen molar-refractivity contribution in [3.05, 3.63) is 18.0 Å². The van der Waals surface area contributed by atoms with E-state index in [1.54, 1.807) is 12.4 Å². The normalized spacial score (nSPS) is 9.42. The molecule has 0 aliphatic heterocycles. The smallest absolute Gasteiger partial charge is 0.315 e. The third-order valence-corrected chi connectivity index (χ3v) is 1.35. The SMILES string of the molecule is CCNC(=O)NCc1cn[nH]c1. The molecule has 0 aliphatic rings. The van der Waals surface area contributed by atoms with Crippen LogP contribution in [0, 0.1) is 0 Å². The van der Waals surface area contributed by atoms with Gasteiger partial charge in [-0.15, -0.1) is 0 Å². The molecule has 0 fully saturated rings. The van der Waals surface area contributed by atoms with Gasteiger partial charge in [-0.2, -0.15) is 5.10 Å². The van der Waals surface area contributed by atoms with Gasteiger partial charge >= 0.3 is 6.03 Å². The van der Waals surface area contributed by atoms with E-state index in [1.807, 2.05) is 6.92 Å². The fourth-order valence-corrected chi connectivity index (χ4v) is 0.780. The minimum Gasteiger partial charge on any atom is -0.338 e. The van der Waals surface area contributed by atoms with Gasteiger partial charge in [0.2, 0.25) is 0 Å². The van der Waals surface area contributed by atoms with Gasteiger partial charge in [-0.3, -0.25) is 5.10 Å². The number of aromatic amines is 1. The Morgan fingerprint density at radius 1 is 1.67 bits per heavy atom. The molecule has 0 bridgehead atoms. The van der Waals surface area contributed by atoms with E-state index < -0.39 is 0 Å². The maximum Gasteiger partial charge on any atom is 0.315 e. The highest BCUT2D eigenvalue weighted by Gasteiger charge is 1.97. The highest BCUT2D eigenvalue weighted by molar-refractivity contribution is 5.73. The molecule has 0 aromatic carbocycles. The number of nitrogens with one attached hydrogen (secondary N) is 3. The molecule has 1 heterocycles. The molecule has 12 heavy (non-hydrogen) atoms. The Hall–Kier alpha value is -1.52. The molecule has 0 spiro atoms.